The second-order valence-corrected chi connectivity index (χ2v) is 3.41. The Hall–Kier alpha value is -0.110. The number of rotatable bonds is 4. The van der Waals surface area contributed by atoms with E-state index in [0.29, 0.717) is 6.04 Å². The van der Waals surface area contributed by atoms with Crippen LogP contribution in [0.3, 0.4) is 0 Å². The lowest BCUT2D eigenvalue weighted by Crippen LogP contribution is -2.24. The van der Waals surface area contributed by atoms with Gasteiger partial charge in [0, 0.05) is 6.04 Å². The van der Waals surface area contributed by atoms with Gasteiger partial charge in [-0.3, -0.25) is 0 Å². The Bertz CT molecular complexity index is 99.7. The summed E-state index contributed by atoms with van der Waals surface area (Å²) in [6.45, 7) is 3.12. The van der Waals surface area contributed by atoms with Gasteiger partial charge >= 0.3 is 0 Å². The van der Waals surface area contributed by atoms with Crippen molar-refractivity contribution in [3.63, 3.8) is 0 Å². The Balaban J connectivity index is 2.08. The van der Waals surface area contributed by atoms with Crippen LogP contribution in [0.25, 0.3) is 0 Å². The molecule has 0 bridgehead atoms. The third-order valence-corrected chi connectivity index (χ3v) is 2.30. The molecule has 1 aliphatic heterocycles. The normalized spacial score (nSPS) is 27.3. The minimum atomic E-state index is -0.574. The molecule has 0 aromatic carbocycles. The Kier molecular flexibility index (Phi) is 3.84. The number of hydrogen-bond donors (Lipinski definition) is 1. The fourth-order valence-electron chi connectivity index (χ4n) is 1.70. The molecule has 0 amide bonds. The molecular weight excluding hydrogens is 141 g/mol. The first-order valence-electron chi connectivity index (χ1n) is 4.70. The first-order chi connectivity index (χ1) is 5.33. The van der Waals surface area contributed by atoms with Gasteiger partial charge in [0.2, 0.25) is 0 Å². The van der Waals surface area contributed by atoms with Crippen molar-refractivity contribution in [3.8, 4) is 0 Å². The van der Waals surface area contributed by atoms with Gasteiger partial charge in [0.05, 0.1) is 0 Å². The van der Waals surface area contributed by atoms with E-state index >= 15 is 0 Å². The molecule has 1 aliphatic rings. The van der Waals surface area contributed by atoms with Crippen LogP contribution >= 0.6 is 0 Å². The zero-order valence-corrected chi connectivity index (χ0v) is 7.28. The molecule has 1 nitrogen and oxygen atoms in total. The van der Waals surface area contributed by atoms with Crippen molar-refractivity contribution in [2.24, 2.45) is 0 Å². The van der Waals surface area contributed by atoms with Crippen LogP contribution in [0.4, 0.5) is 4.39 Å². The number of hydrogen-bond acceptors (Lipinski definition) is 1. The summed E-state index contributed by atoms with van der Waals surface area (Å²) in [6, 6.07) is 0.469. The van der Waals surface area contributed by atoms with E-state index in [-0.39, 0.29) is 0 Å². The molecule has 1 rings (SSSR count). The molecule has 1 fully saturated rings. The van der Waals surface area contributed by atoms with Crippen LogP contribution in [0.2, 0.25) is 0 Å². The first kappa shape index (κ1) is 8.98. The van der Waals surface area contributed by atoms with E-state index in [0.717, 1.165) is 25.8 Å². The van der Waals surface area contributed by atoms with Gasteiger partial charge in [0.25, 0.3) is 0 Å². The van der Waals surface area contributed by atoms with Gasteiger partial charge in [0.15, 0.2) is 0 Å². The van der Waals surface area contributed by atoms with Gasteiger partial charge in [-0.2, -0.15) is 0 Å². The van der Waals surface area contributed by atoms with E-state index in [2.05, 4.69) is 5.32 Å². The Morgan fingerprint density at radius 3 is 3.00 bits per heavy atom. The van der Waals surface area contributed by atoms with E-state index in [1.165, 1.54) is 12.8 Å². The predicted molar refractivity (Wildman–Crippen MR) is 45.4 cm³/mol. The highest BCUT2D eigenvalue weighted by atomic mass is 19.1. The average Bonchev–Trinajstić information content (AvgIpc) is 2.40. The zero-order chi connectivity index (χ0) is 8.10. The standard InChI is InChI=1S/C9H18FN/c1-2-4-8(10)7-9-5-3-6-11-9/h8-9,11H,2-7H2,1H3. The monoisotopic (exact) mass is 159 g/mol. The van der Waals surface area contributed by atoms with Crippen LogP contribution in [-0.4, -0.2) is 18.8 Å². The second-order valence-electron chi connectivity index (χ2n) is 3.41. The van der Waals surface area contributed by atoms with Gasteiger partial charge in [-0.25, -0.2) is 4.39 Å². The minimum Gasteiger partial charge on any atom is -0.314 e. The van der Waals surface area contributed by atoms with Crippen LogP contribution in [-0.2, 0) is 0 Å². The number of nitrogens with one attached hydrogen (secondary N) is 1. The SMILES string of the molecule is CCCC(F)CC1CCCN1. The fourth-order valence-corrected chi connectivity index (χ4v) is 1.70. The third kappa shape index (κ3) is 3.19. The summed E-state index contributed by atoms with van der Waals surface area (Å²) in [5.74, 6) is 0. The molecule has 2 atom stereocenters. The maximum Gasteiger partial charge on any atom is 0.102 e. The molecule has 11 heavy (non-hydrogen) atoms. The van der Waals surface area contributed by atoms with Crippen molar-refractivity contribution in [2.75, 3.05) is 6.54 Å². The van der Waals surface area contributed by atoms with Crippen molar-refractivity contribution in [1.29, 1.82) is 0 Å². The molecule has 0 radical (unpaired) electrons. The van der Waals surface area contributed by atoms with E-state index in [1.54, 1.807) is 0 Å². The quantitative estimate of drug-likeness (QED) is 0.663. The molecule has 1 saturated heterocycles. The van der Waals surface area contributed by atoms with Crippen molar-refractivity contribution in [1.82, 2.24) is 5.32 Å². The summed E-state index contributed by atoms with van der Waals surface area (Å²) in [7, 11) is 0. The van der Waals surface area contributed by atoms with Crippen LogP contribution in [0, 0.1) is 0 Å². The third-order valence-electron chi connectivity index (χ3n) is 2.30. The van der Waals surface area contributed by atoms with E-state index < -0.39 is 6.17 Å². The second kappa shape index (κ2) is 4.70. The molecule has 0 aliphatic carbocycles. The summed E-state index contributed by atoms with van der Waals surface area (Å²) in [4.78, 5) is 0. The van der Waals surface area contributed by atoms with Gasteiger partial charge < -0.3 is 5.32 Å². The molecule has 1 N–H and O–H groups in total. The molecule has 2 heteroatoms. The predicted octanol–water partition coefficient (Wildman–Crippen LogP) is 2.27. The molecule has 0 aromatic heterocycles. The largest absolute Gasteiger partial charge is 0.314 e. The van der Waals surface area contributed by atoms with Crippen LogP contribution in [0.15, 0.2) is 0 Å². The Morgan fingerprint density at radius 1 is 1.64 bits per heavy atom. The molecular formula is C9H18FN. The summed E-state index contributed by atoms with van der Waals surface area (Å²) >= 11 is 0. The Labute approximate surface area is 68.4 Å². The van der Waals surface area contributed by atoms with Crippen molar-refractivity contribution < 1.29 is 4.39 Å². The lowest BCUT2D eigenvalue weighted by atomic mass is 10.1. The lowest BCUT2D eigenvalue weighted by Gasteiger charge is -2.12. The van der Waals surface area contributed by atoms with Gasteiger partial charge in [-0.1, -0.05) is 13.3 Å². The zero-order valence-electron chi connectivity index (χ0n) is 7.28. The summed E-state index contributed by atoms with van der Waals surface area (Å²) < 4.78 is 13.0. The molecule has 0 spiro atoms. The van der Waals surface area contributed by atoms with Crippen LogP contribution in [0.1, 0.15) is 39.0 Å². The van der Waals surface area contributed by atoms with Gasteiger partial charge in [0.1, 0.15) is 6.17 Å². The molecule has 1 heterocycles. The Morgan fingerprint density at radius 2 is 2.45 bits per heavy atom. The summed E-state index contributed by atoms with van der Waals surface area (Å²) in [5.41, 5.74) is 0. The van der Waals surface area contributed by atoms with Crippen molar-refractivity contribution in [3.05, 3.63) is 0 Å². The fraction of sp³-hybridized carbons (Fsp3) is 1.00. The van der Waals surface area contributed by atoms with E-state index in [1.807, 2.05) is 6.92 Å². The van der Waals surface area contributed by atoms with Crippen molar-refractivity contribution >= 4 is 0 Å². The lowest BCUT2D eigenvalue weighted by molar-refractivity contribution is 0.269. The molecule has 0 aromatic rings. The highest BCUT2D eigenvalue weighted by molar-refractivity contribution is 4.76. The molecule has 2 unspecified atom stereocenters. The van der Waals surface area contributed by atoms with Crippen LogP contribution < -0.4 is 5.32 Å². The topological polar surface area (TPSA) is 12.0 Å². The summed E-state index contributed by atoms with van der Waals surface area (Å²) in [6.07, 6.45) is 4.25. The maximum atomic E-state index is 13.0. The number of halogens is 1. The average molecular weight is 159 g/mol. The highest BCUT2D eigenvalue weighted by Crippen LogP contribution is 2.15. The van der Waals surface area contributed by atoms with Crippen molar-refractivity contribution in [2.45, 2.75) is 51.2 Å². The minimum absolute atomic E-state index is 0.469. The summed E-state index contributed by atoms with van der Waals surface area (Å²) in [5, 5.41) is 3.31. The van der Waals surface area contributed by atoms with Crippen LogP contribution in [0.5, 0.6) is 0 Å². The molecule has 0 saturated carbocycles. The number of alkyl halides is 1. The van der Waals surface area contributed by atoms with E-state index in [9.17, 15) is 4.39 Å². The van der Waals surface area contributed by atoms with Gasteiger partial charge in [-0.05, 0) is 32.2 Å². The molecule has 66 valence electrons. The van der Waals surface area contributed by atoms with Gasteiger partial charge in [-0.15, -0.1) is 0 Å². The maximum absolute atomic E-state index is 13.0. The highest BCUT2D eigenvalue weighted by Gasteiger charge is 2.18. The smallest absolute Gasteiger partial charge is 0.102 e. The first-order valence-corrected chi connectivity index (χ1v) is 4.70. The van der Waals surface area contributed by atoms with E-state index in [4.69, 9.17) is 0 Å².